The van der Waals surface area contributed by atoms with E-state index in [1.165, 1.54) is 17.1 Å². The molecule has 4 aliphatic carbocycles. The Morgan fingerprint density at radius 2 is 1.00 bits per heavy atom. The van der Waals surface area contributed by atoms with Crippen LogP contribution in [0.1, 0.15) is 6.42 Å². The minimum absolute atomic E-state index is 0. The van der Waals surface area contributed by atoms with Crippen LogP contribution in [0.2, 0.25) is 0 Å². The van der Waals surface area contributed by atoms with Crippen LogP contribution in [0.25, 0.3) is 0 Å². The molecule has 0 saturated heterocycles. The maximum Gasteiger partial charge on any atom is 2.00 e. The summed E-state index contributed by atoms with van der Waals surface area (Å²) in [6.07, 6.45) is 38.3. The fourth-order valence-electron chi connectivity index (χ4n) is 2.18. The molecule has 0 N–H and O–H groups in total. The van der Waals surface area contributed by atoms with E-state index in [1.54, 1.807) is 0 Å². The van der Waals surface area contributed by atoms with E-state index >= 15 is 0 Å². The van der Waals surface area contributed by atoms with Gasteiger partial charge in [-0.15, -0.1) is 0 Å². The Hall–Kier alpha value is 1.39. The molecule has 0 bridgehead atoms. The summed E-state index contributed by atoms with van der Waals surface area (Å²) in [6.45, 7) is 0. The Morgan fingerprint density at radius 1 is 0.560 bits per heavy atom. The van der Waals surface area contributed by atoms with Gasteiger partial charge in [0.25, 0.3) is 0 Å². The summed E-state index contributed by atoms with van der Waals surface area (Å²) < 4.78 is 0. The summed E-state index contributed by atoms with van der Waals surface area (Å²) in [5.41, 5.74) is 0. The molecule has 25 heavy (non-hydrogen) atoms. The molecule has 0 spiro atoms. The van der Waals surface area contributed by atoms with E-state index < -0.39 is 0 Å². The molecule has 0 heterocycles. The first-order valence-electron chi connectivity index (χ1n) is 7.72. The molecule has 4 fully saturated rings. The maximum atomic E-state index is 2.21. The number of rotatable bonds is 3. The largest absolute Gasteiger partial charge is 2.00 e. The molecule has 128 valence electrons. The standard InChI is InChI=1S/C12H12S.2C5H5.2Fe/c1-13-12-8-4-7-11(12)9-10-5-2-3-6-10;2*1-2-4-5-3-1;;/h2-8H,9H2,1H3;2*1-5H;;/q;;;2*+2. The van der Waals surface area contributed by atoms with Gasteiger partial charge in [0.1, 0.15) is 0 Å². The first-order chi connectivity index (χ1) is 11.4. The summed E-state index contributed by atoms with van der Waals surface area (Å²) in [5.74, 6) is 2.85. The average molecular weight is 430 g/mol. The minimum atomic E-state index is 0. The van der Waals surface area contributed by atoms with Crippen molar-refractivity contribution in [3.63, 3.8) is 0 Å². The van der Waals surface area contributed by atoms with Gasteiger partial charge in [-0.25, -0.2) is 0 Å². The number of hydrogen-bond acceptors (Lipinski definition) is 1. The van der Waals surface area contributed by atoms with Crippen molar-refractivity contribution in [3.05, 3.63) is 126 Å². The van der Waals surface area contributed by atoms with Crippen LogP contribution in [0.3, 0.4) is 0 Å². The molecule has 3 heteroatoms. The zero-order valence-corrected chi connectivity index (χ0v) is 17.2. The molecule has 0 aromatic heterocycles. The first kappa shape index (κ1) is 26.4. The monoisotopic (exact) mass is 430 g/mol. The third kappa shape index (κ3) is 11.7. The van der Waals surface area contributed by atoms with E-state index in [0.29, 0.717) is 0 Å². The molecule has 0 unspecified atom stereocenters. The molecule has 0 atom stereocenters. The second-order valence-electron chi connectivity index (χ2n) is 5.01. The second-order valence-corrected chi connectivity index (χ2v) is 5.86. The first-order valence-corrected chi connectivity index (χ1v) is 8.95. The van der Waals surface area contributed by atoms with E-state index in [2.05, 4.69) is 51.2 Å². The summed E-state index contributed by atoms with van der Waals surface area (Å²) >= 11 is 1.82. The second kappa shape index (κ2) is 17.5. The van der Waals surface area contributed by atoms with Gasteiger partial charge < -0.3 is 0 Å². The summed E-state index contributed by atoms with van der Waals surface area (Å²) in [7, 11) is 0. The predicted molar refractivity (Wildman–Crippen MR) is 101 cm³/mol. The van der Waals surface area contributed by atoms with Crippen LogP contribution >= 0.6 is 11.8 Å². The molecule has 4 rings (SSSR count). The normalized spacial score (nSPS) is 23.9. The zero-order valence-electron chi connectivity index (χ0n) is 14.1. The number of hydrogen-bond donors (Lipinski definition) is 0. The SMILES string of the molecule is CS[C]1[CH][CH][CH][C]1C[C]1[CH][CH][CH][CH]1.[CH]1[CH][CH][CH][CH]1.[CH]1[CH][CH][CH][CH]1.[Fe+2].[Fe+2]. The van der Waals surface area contributed by atoms with E-state index in [4.69, 9.17) is 0 Å². The Kier molecular flexibility index (Phi) is 18.5. The summed E-state index contributed by atoms with van der Waals surface area (Å²) in [4.78, 5) is 0. The zero-order chi connectivity index (χ0) is 16.2. The van der Waals surface area contributed by atoms with Gasteiger partial charge >= 0.3 is 34.1 Å². The van der Waals surface area contributed by atoms with E-state index in [0.717, 1.165) is 6.42 Å². The van der Waals surface area contributed by atoms with Crippen LogP contribution < -0.4 is 0 Å². The van der Waals surface area contributed by atoms with Crippen LogP contribution in [-0.4, -0.2) is 6.26 Å². The topological polar surface area (TPSA) is 0 Å². The van der Waals surface area contributed by atoms with Crippen molar-refractivity contribution in [2.45, 2.75) is 6.42 Å². The van der Waals surface area contributed by atoms with E-state index in [1.807, 2.05) is 76.0 Å². The molecule has 20 radical (unpaired) electrons. The van der Waals surface area contributed by atoms with Crippen LogP contribution in [0.4, 0.5) is 0 Å². The van der Waals surface area contributed by atoms with Crippen molar-refractivity contribution >= 4 is 11.8 Å². The molecule has 4 saturated carbocycles. The Morgan fingerprint density at radius 3 is 1.40 bits per heavy atom. The van der Waals surface area contributed by atoms with Gasteiger partial charge in [0.2, 0.25) is 0 Å². The van der Waals surface area contributed by atoms with Crippen LogP contribution in [-0.2, 0) is 34.1 Å². The van der Waals surface area contributed by atoms with Crippen molar-refractivity contribution in [2.24, 2.45) is 0 Å². The third-order valence-corrected chi connectivity index (χ3v) is 4.16. The van der Waals surface area contributed by atoms with E-state index in [-0.39, 0.29) is 34.1 Å². The summed E-state index contributed by atoms with van der Waals surface area (Å²) in [5, 5.41) is 1.40. The minimum Gasteiger partial charge on any atom is -0.156 e. The van der Waals surface area contributed by atoms with Gasteiger partial charge in [-0.2, -0.15) is 11.8 Å². The predicted octanol–water partition coefficient (Wildman–Crippen LogP) is 4.92. The van der Waals surface area contributed by atoms with E-state index in [9.17, 15) is 0 Å². The van der Waals surface area contributed by atoms with Crippen LogP contribution in [0.5, 0.6) is 0 Å². The van der Waals surface area contributed by atoms with Crippen LogP contribution in [0, 0.1) is 126 Å². The fourth-order valence-corrected chi connectivity index (χ4v) is 2.80. The van der Waals surface area contributed by atoms with Gasteiger partial charge in [0.15, 0.2) is 0 Å². The molecular weight excluding hydrogens is 408 g/mol. The molecule has 0 amide bonds. The van der Waals surface area contributed by atoms with Gasteiger partial charge in [0.05, 0.1) is 0 Å². The average Bonchev–Trinajstić information content (AvgIpc) is 3.37. The Balaban J connectivity index is 0.000000400. The number of thioether (sulfide) groups is 1. The van der Waals surface area contributed by atoms with Crippen LogP contribution in [0.15, 0.2) is 0 Å². The third-order valence-electron chi connectivity index (χ3n) is 3.32. The van der Waals surface area contributed by atoms with Crippen molar-refractivity contribution in [3.8, 4) is 0 Å². The fraction of sp³-hybridized carbons (Fsp3) is 0.0909. The maximum absolute atomic E-state index is 2.21. The van der Waals surface area contributed by atoms with Gasteiger partial charge in [-0.1, -0.05) is 0 Å². The Bertz CT molecular complexity index is 246. The van der Waals surface area contributed by atoms with Crippen molar-refractivity contribution in [2.75, 3.05) is 6.26 Å². The smallest absolute Gasteiger partial charge is 0.156 e. The molecule has 0 aliphatic heterocycles. The quantitative estimate of drug-likeness (QED) is 0.574. The molecule has 0 aromatic carbocycles. The molecule has 0 aromatic rings. The Labute approximate surface area is 184 Å². The molecule has 4 aliphatic rings. The summed E-state index contributed by atoms with van der Waals surface area (Å²) in [6, 6.07) is 0. The van der Waals surface area contributed by atoms with Gasteiger partial charge in [-0.3, -0.25) is 0 Å². The molecule has 0 nitrogen and oxygen atoms in total. The van der Waals surface area contributed by atoms with Crippen molar-refractivity contribution < 1.29 is 34.1 Å². The van der Waals surface area contributed by atoms with Crippen molar-refractivity contribution in [1.82, 2.24) is 0 Å². The van der Waals surface area contributed by atoms with Crippen molar-refractivity contribution in [1.29, 1.82) is 0 Å². The van der Waals surface area contributed by atoms with Gasteiger partial charge in [-0.05, 0) is 134 Å². The molecular formula is C22H22Fe2S+4. The van der Waals surface area contributed by atoms with Gasteiger partial charge in [0, 0.05) is 5.25 Å².